The first-order valence-electron chi connectivity index (χ1n) is 6.36. The molecule has 5 heteroatoms. The van der Waals surface area contributed by atoms with Crippen molar-refractivity contribution in [2.45, 2.75) is 25.2 Å². The van der Waals surface area contributed by atoms with Crippen molar-refractivity contribution in [3.05, 3.63) is 46.3 Å². The molecule has 1 N–H and O–H groups in total. The van der Waals surface area contributed by atoms with Gasteiger partial charge in [0, 0.05) is 16.2 Å². The normalized spacial score (nSPS) is 15.9. The standard InChI is InChI=1S/C15H13BrN2O2/c1-9-2-3-10(16)8-11(9)12-4-7-17-13(18-12)15(5-6-15)14(19)20/h2-4,7-8H,5-6H2,1H3,(H,19,20). The van der Waals surface area contributed by atoms with E-state index in [9.17, 15) is 9.90 Å². The molecule has 0 atom stereocenters. The number of nitrogens with zero attached hydrogens (tertiary/aromatic N) is 2. The molecule has 0 unspecified atom stereocenters. The zero-order valence-corrected chi connectivity index (χ0v) is 12.5. The van der Waals surface area contributed by atoms with Crippen LogP contribution < -0.4 is 0 Å². The molecule has 1 saturated carbocycles. The van der Waals surface area contributed by atoms with Crippen LogP contribution in [-0.2, 0) is 10.2 Å². The molecular weight excluding hydrogens is 320 g/mol. The molecule has 0 radical (unpaired) electrons. The number of aromatic nitrogens is 2. The Hall–Kier alpha value is -1.75. The van der Waals surface area contributed by atoms with Crippen molar-refractivity contribution in [1.29, 1.82) is 0 Å². The summed E-state index contributed by atoms with van der Waals surface area (Å²) in [6.45, 7) is 2.01. The van der Waals surface area contributed by atoms with Crippen molar-refractivity contribution in [3.8, 4) is 11.3 Å². The molecule has 0 saturated heterocycles. The van der Waals surface area contributed by atoms with Crippen molar-refractivity contribution in [2.75, 3.05) is 0 Å². The fraction of sp³-hybridized carbons (Fsp3) is 0.267. The summed E-state index contributed by atoms with van der Waals surface area (Å²) in [5.41, 5.74) is 1.99. The van der Waals surface area contributed by atoms with Crippen LogP contribution in [0.5, 0.6) is 0 Å². The third-order valence-corrected chi connectivity index (χ3v) is 4.21. The van der Waals surface area contributed by atoms with Gasteiger partial charge >= 0.3 is 5.97 Å². The number of aliphatic carboxylic acids is 1. The number of benzene rings is 1. The van der Waals surface area contributed by atoms with E-state index in [1.807, 2.05) is 31.2 Å². The zero-order chi connectivity index (χ0) is 14.3. The maximum atomic E-state index is 11.4. The van der Waals surface area contributed by atoms with Crippen molar-refractivity contribution < 1.29 is 9.90 Å². The first kappa shape index (κ1) is 13.2. The van der Waals surface area contributed by atoms with Gasteiger partial charge in [0.2, 0.25) is 0 Å². The molecule has 0 spiro atoms. The number of rotatable bonds is 3. The maximum absolute atomic E-state index is 11.4. The number of hydrogen-bond donors (Lipinski definition) is 1. The van der Waals surface area contributed by atoms with Gasteiger partial charge in [0.25, 0.3) is 0 Å². The van der Waals surface area contributed by atoms with Crippen LogP contribution in [0, 0.1) is 6.92 Å². The minimum atomic E-state index is -0.865. The summed E-state index contributed by atoms with van der Waals surface area (Å²) >= 11 is 3.45. The fourth-order valence-electron chi connectivity index (χ4n) is 2.27. The van der Waals surface area contributed by atoms with E-state index < -0.39 is 11.4 Å². The van der Waals surface area contributed by atoms with Crippen LogP contribution >= 0.6 is 15.9 Å². The molecule has 3 rings (SSSR count). The summed E-state index contributed by atoms with van der Waals surface area (Å²) < 4.78 is 0.970. The quantitative estimate of drug-likeness (QED) is 0.936. The van der Waals surface area contributed by atoms with Crippen LogP contribution in [0.2, 0.25) is 0 Å². The number of halogens is 1. The molecule has 1 aliphatic rings. The van der Waals surface area contributed by atoms with E-state index in [1.54, 1.807) is 6.20 Å². The van der Waals surface area contributed by atoms with Crippen LogP contribution in [0.15, 0.2) is 34.9 Å². The first-order valence-corrected chi connectivity index (χ1v) is 7.16. The van der Waals surface area contributed by atoms with E-state index in [0.717, 1.165) is 21.3 Å². The first-order chi connectivity index (χ1) is 9.53. The molecule has 102 valence electrons. The molecular formula is C15H13BrN2O2. The molecule has 1 aromatic heterocycles. The van der Waals surface area contributed by atoms with Crippen LogP contribution in [0.3, 0.4) is 0 Å². The van der Waals surface area contributed by atoms with E-state index in [4.69, 9.17) is 0 Å². The lowest BCUT2D eigenvalue weighted by Crippen LogP contribution is -2.22. The summed E-state index contributed by atoms with van der Waals surface area (Å²) in [6, 6.07) is 7.78. The number of aryl methyl sites for hydroxylation is 1. The predicted octanol–water partition coefficient (Wildman–Crippen LogP) is 3.33. The lowest BCUT2D eigenvalue weighted by Gasteiger charge is -2.11. The molecule has 1 aliphatic carbocycles. The van der Waals surface area contributed by atoms with Gasteiger partial charge in [-0.3, -0.25) is 4.79 Å². The van der Waals surface area contributed by atoms with Gasteiger partial charge in [-0.25, -0.2) is 9.97 Å². The zero-order valence-electron chi connectivity index (χ0n) is 10.9. The van der Waals surface area contributed by atoms with Crippen LogP contribution in [0.25, 0.3) is 11.3 Å². The second kappa shape index (κ2) is 4.66. The second-order valence-electron chi connectivity index (χ2n) is 5.11. The van der Waals surface area contributed by atoms with Gasteiger partial charge in [-0.15, -0.1) is 0 Å². The molecule has 1 aromatic carbocycles. The summed E-state index contributed by atoms with van der Waals surface area (Å²) in [7, 11) is 0. The van der Waals surface area contributed by atoms with E-state index in [-0.39, 0.29) is 0 Å². The average Bonchev–Trinajstić information content (AvgIpc) is 3.23. The summed E-state index contributed by atoms with van der Waals surface area (Å²) in [5, 5.41) is 9.33. The Morgan fingerprint density at radius 3 is 2.75 bits per heavy atom. The molecule has 0 bridgehead atoms. The van der Waals surface area contributed by atoms with Gasteiger partial charge in [-0.1, -0.05) is 22.0 Å². The van der Waals surface area contributed by atoms with Gasteiger partial charge in [0.1, 0.15) is 11.2 Å². The van der Waals surface area contributed by atoms with Crippen molar-refractivity contribution in [1.82, 2.24) is 9.97 Å². The molecule has 0 amide bonds. The lowest BCUT2D eigenvalue weighted by molar-refractivity contribution is -0.140. The molecule has 1 heterocycles. The maximum Gasteiger partial charge on any atom is 0.317 e. The van der Waals surface area contributed by atoms with Crippen molar-refractivity contribution in [3.63, 3.8) is 0 Å². The highest BCUT2D eigenvalue weighted by molar-refractivity contribution is 9.10. The Labute approximate surface area is 125 Å². The van der Waals surface area contributed by atoms with Gasteiger partial charge in [-0.2, -0.15) is 0 Å². The Balaban J connectivity index is 2.08. The van der Waals surface area contributed by atoms with Gasteiger partial charge in [0.05, 0.1) is 5.69 Å². The highest BCUT2D eigenvalue weighted by Gasteiger charge is 2.54. The monoisotopic (exact) mass is 332 g/mol. The summed E-state index contributed by atoms with van der Waals surface area (Å²) in [4.78, 5) is 20.0. The predicted molar refractivity (Wildman–Crippen MR) is 78.5 cm³/mol. The Morgan fingerprint density at radius 1 is 1.35 bits per heavy atom. The van der Waals surface area contributed by atoms with E-state index in [2.05, 4.69) is 25.9 Å². The molecule has 20 heavy (non-hydrogen) atoms. The second-order valence-corrected chi connectivity index (χ2v) is 6.03. The Bertz CT molecular complexity index is 696. The highest BCUT2D eigenvalue weighted by atomic mass is 79.9. The average molecular weight is 333 g/mol. The van der Waals surface area contributed by atoms with E-state index >= 15 is 0 Å². The van der Waals surface area contributed by atoms with Gasteiger partial charge in [-0.05, 0) is 43.5 Å². The smallest absolute Gasteiger partial charge is 0.317 e. The fourth-order valence-corrected chi connectivity index (χ4v) is 2.63. The van der Waals surface area contributed by atoms with Gasteiger partial charge < -0.3 is 5.11 Å². The Morgan fingerprint density at radius 2 is 2.10 bits per heavy atom. The van der Waals surface area contributed by atoms with E-state index in [0.29, 0.717) is 18.7 Å². The summed E-state index contributed by atoms with van der Waals surface area (Å²) in [5.74, 6) is -0.414. The number of carboxylic acid groups (broad SMARTS) is 1. The third kappa shape index (κ3) is 2.12. The largest absolute Gasteiger partial charge is 0.480 e. The number of carboxylic acids is 1. The number of hydrogen-bond acceptors (Lipinski definition) is 3. The van der Waals surface area contributed by atoms with E-state index in [1.165, 1.54) is 0 Å². The van der Waals surface area contributed by atoms with Crippen LogP contribution in [0.4, 0.5) is 0 Å². The van der Waals surface area contributed by atoms with Gasteiger partial charge in [0.15, 0.2) is 0 Å². The molecule has 1 fully saturated rings. The minimum absolute atomic E-state index is 0.418. The molecule has 2 aromatic rings. The summed E-state index contributed by atoms with van der Waals surface area (Å²) in [6.07, 6.45) is 2.87. The van der Waals surface area contributed by atoms with Crippen molar-refractivity contribution in [2.24, 2.45) is 0 Å². The van der Waals surface area contributed by atoms with Crippen LogP contribution in [0.1, 0.15) is 24.2 Å². The molecule has 0 aliphatic heterocycles. The molecule has 4 nitrogen and oxygen atoms in total. The van der Waals surface area contributed by atoms with Crippen LogP contribution in [-0.4, -0.2) is 21.0 Å². The highest BCUT2D eigenvalue weighted by Crippen LogP contribution is 2.47. The Kier molecular flexibility index (Phi) is 3.09. The minimum Gasteiger partial charge on any atom is -0.480 e. The number of carbonyl (C=O) groups is 1. The topological polar surface area (TPSA) is 63.1 Å². The lowest BCUT2D eigenvalue weighted by atomic mass is 10.0. The van der Waals surface area contributed by atoms with Crippen molar-refractivity contribution >= 4 is 21.9 Å². The third-order valence-electron chi connectivity index (χ3n) is 3.72. The SMILES string of the molecule is Cc1ccc(Br)cc1-c1ccnc(C2(C(=O)O)CC2)n1.